The lowest BCUT2D eigenvalue weighted by Crippen LogP contribution is -2.58. The third-order valence-electron chi connectivity index (χ3n) is 24.5. The number of β-amino-alcohol motifs (C(OH)–C–C–N with tert-alkyl or cyclic N) is 2. The van der Waals surface area contributed by atoms with Gasteiger partial charge in [-0.25, -0.2) is 23.5 Å². The molecule has 0 spiro atoms. The Labute approximate surface area is 824 Å². The summed E-state index contributed by atoms with van der Waals surface area (Å²) < 4.78 is 75.9. The van der Waals surface area contributed by atoms with Crippen LogP contribution in [0.15, 0.2) is 193 Å². The van der Waals surface area contributed by atoms with Gasteiger partial charge in [-0.15, -0.1) is 22.7 Å². The molecule has 0 saturated carbocycles. The number of nitrogens with two attached hydrogens (primary N) is 1. The van der Waals surface area contributed by atoms with Gasteiger partial charge in [0.15, 0.2) is 5.78 Å². The fourth-order valence-corrected chi connectivity index (χ4v) is 18.5. The number of phenols is 2. The third-order valence-corrected chi connectivity index (χ3v) is 26.4. The van der Waals surface area contributed by atoms with Crippen LogP contribution in [0.1, 0.15) is 139 Å². The van der Waals surface area contributed by atoms with Crippen LogP contribution in [-0.4, -0.2) is 232 Å². The molecule has 4 aromatic heterocycles. The van der Waals surface area contributed by atoms with E-state index in [-0.39, 0.29) is 119 Å². The summed E-state index contributed by atoms with van der Waals surface area (Å²) in [6, 6.07) is 51.8. The number of halogens is 2. The fraction of sp³-hybridized carbons (Fsp3) is 0.407. The van der Waals surface area contributed by atoms with Crippen molar-refractivity contribution >= 4 is 79.9 Å². The Hall–Kier alpha value is -12.2. The first kappa shape index (κ1) is 108. The van der Waals surface area contributed by atoms with Gasteiger partial charge in [0.25, 0.3) is 0 Å². The van der Waals surface area contributed by atoms with Crippen LogP contribution >= 0.6 is 22.7 Å². The molecule has 2 aliphatic rings. The maximum Gasteiger partial charge on any atom is 0.329 e. The van der Waals surface area contributed by atoms with Crippen LogP contribution < -0.4 is 25.8 Å². The number of nitrogens with one attached hydrogen (secondary N) is 2. The van der Waals surface area contributed by atoms with Crippen LogP contribution in [0.25, 0.3) is 65.2 Å². The Bertz CT molecular complexity index is 6080. The second-order valence-electron chi connectivity index (χ2n) is 37.1. The molecule has 2 aliphatic heterocycles. The number of likely N-dealkylation sites (tertiary alicyclic amines) is 2. The van der Waals surface area contributed by atoms with Crippen molar-refractivity contribution in [2.24, 2.45) is 16.6 Å². The van der Waals surface area contributed by atoms with E-state index < -0.39 is 65.0 Å². The van der Waals surface area contributed by atoms with E-state index in [1.54, 1.807) is 71.2 Å². The van der Waals surface area contributed by atoms with Crippen molar-refractivity contribution in [2.45, 2.75) is 171 Å². The van der Waals surface area contributed by atoms with Crippen molar-refractivity contribution in [1.29, 1.82) is 0 Å². The van der Waals surface area contributed by atoms with Crippen LogP contribution in [0.4, 0.5) is 8.78 Å². The van der Waals surface area contributed by atoms with E-state index in [0.29, 0.717) is 84.7 Å². The van der Waals surface area contributed by atoms with Crippen molar-refractivity contribution in [1.82, 2.24) is 39.5 Å². The van der Waals surface area contributed by atoms with E-state index in [0.717, 1.165) is 116 Å². The highest BCUT2D eigenvalue weighted by atomic mass is 32.1. The van der Waals surface area contributed by atoms with Gasteiger partial charge in [0.1, 0.15) is 73.1 Å². The standard InChI is InChI=1S/C53H62FN5O9S.C30H32FNO7.C24H33N3O3S.CH4/c1-33-44-27-41(60)17-20-45(44)58(48(33)38-13-15-40(54)16-14-38)29-36-7-18-43(19-8-36)68-26-25-66-22-21-65-23-24-67-31-47(62)57-50(53(4,5)6)52(64)59-30-42(61)28-46(59)51(63)56-34(2)37-9-11-39(12-10-37)49-35(3)55-32-69-49;1-21-27-18-25(33)8-11-28(27)32(30(21)23-4-6-24(31)7-5-23)19-22-2-9-26(10-3-22)39-17-16-37-13-12-36-14-15-38-20-29(34)35;1-14(16-6-8-17(9-7-16)21-15(2)26-13-31-21)10-20(29)19-11-18(28)12-27(19)23(30)22(25)24(3,4)5;/h7-20,27,32,34,42,46,50,60-61H,21-26,28-31H2,1-6H3,(H,56,63)(H,57,62);2-11,18,33H,12-17,19-20H2,1H3,(H,34,35);6-9,13-14,18-19,22,28H,10-12,25H2,1-5H3;1H4/t34-,42+,46-,50+;;14-,18-,19?,22-;/m0.1./s1. The lowest BCUT2D eigenvalue weighted by molar-refractivity contribution is -0.144. The summed E-state index contributed by atoms with van der Waals surface area (Å²) in [4.78, 5) is 90.8. The van der Waals surface area contributed by atoms with E-state index in [4.69, 9.17) is 48.7 Å². The van der Waals surface area contributed by atoms with Gasteiger partial charge >= 0.3 is 5.97 Å². The molecule has 14 rings (SSSR count). The Morgan fingerprint density at radius 3 is 1.29 bits per heavy atom. The lowest BCUT2D eigenvalue weighted by atomic mass is 9.85. The molecule has 0 aliphatic carbocycles. The second kappa shape index (κ2) is 50.8. The molecule has 140 heavy (non-hydrogen) atoms. The van der Waals surface area contributed by atoms with Gasteiger partial charge in [0.05, 0.1) is 140 Å². The summed E-state index contributed by atoms with van der Waals surface area (Å²) in [5.41, 5.74) is 24.6. The number of aryl methyl sites for hydroxylation is 4. The monoisotopic (exact) mass is 1960 g/mol. The third kappa shape index (κ3) is 29.5. The summed E-state index contributed by atoms with van der Waals surface area (Å²) in [7, 11) is 0. The number of aromatic hydroxyl groups is 2. The highest BCUT2D eigenvalue weighted by Gasteiger charge is 2.46. The molecule has 9 N–H and O–H groups in total. The van der Waals surface area contributed by atoms with Crippen LogP contribution in [0.3, 0.4) is 0 Å². The molecule has 6 heterocycles. The number of aliphatic carboxylic acids is 1. The first-order valence-electron chi connectivity index (χ1n) is 46.6. The molecule has 8 atom stereocenters. The van der Waals surface area contributed by atoms with E-state index in [2.05, 4.69) is 41.9 Å². The number of fused-ring (bicyclic) bond motifs is 2. The predicted molar refractivity (Wildman–Crippen MR) is 539 cm³/mol. The zero-order chi connectivity index (χ0) is 99.8. The van der Waals surface area contributed by atoms with Gasteiger partial charge in [0.2, 0.25) is 23.6 Å². The molecule has 0 bridgehead atoms. The summed E-state index contributed by atoms with van der Waals surface area (Å²) in [6.45, 7) is 27.5. The van der Waals surface area contributed by atoms with Gasteiger partial charge < -0.3 is 98.7 Å². The molecular weight excluding hydrogens is 1830 g/mol. The number of carboxylic acid groups (broad SMARTS) is 1. The molecule has 12 aromatic rings. The van der Waals surface area contributed by atoms with Gasteiger partial charge in [-0.2, -0.15) is 0 Å². The number of rotatable bonds is 42. The van der Waals surface area contributed by atoms with Crippen molar-refractivity contribution < 1.29 is 101 Å². The lowest BCUT2D eigenvalue weighted by Gasteiger charge is -2.35. The number of thiazole rings is 2. The number of carboxylic acids is 1. The molecule has 4 amide bonds. The molecule has 0 radical (unpaired) electrons. The van der Waals surface area contributed by atoms with E-state index in [1.807, 2.05) is 191 Å². The number of ether oxygens (including phenoxy) is 8. The average molecular weight is 1960 g/mol. The fourth-order valence-electron chi connectivity index (χ4n) is 16.9. The Morgan fingerprint density at radius 2 is 0.879 bits per heavy atom. The predicted octanol–water partition coefficient (Wildman–Crippen LogP) is 16.9. The van der Waals surface area contributed by atoms with E-state index in [1.165, 1.54) is 34.1 Å². The van der Waals surface area contributed by atoms with E-state index >= 15 is 0 Å². The quantitative estimate of drug-likeness (QED) is 0.0165. The van der Waals surface area contributed by atoms with Crippen LogP contribution in [0.2, 0.25) is 0 Å². The molecule has 32 heteroatoms. The first-order valence-corrected chi connectivity index (χ1v) is 48.4. The zero-order valence-electron chi connectivity index (χ0n) is 80.7. The summed E-state index contributed by atoms with van der Waals surface area (Å²) in [5, 5.41) is 57.2. The highest BCUT2D eigenvalue weighted by Crippen LogP contribution is 2.40. The number of amides is 4. The van der Waals surface area contributed by atoms with Gasteiger partial charge in [-0.3, -0.25) is 24.0 Å². The minimum Gasteiger partial charge on any atom is -0.508 e. The SMILES string of the molecule is C.Cc1c(-c2ccc(F)cc2)n(Cc2ccc(OCCOCCOCCOCC(=O)O)cc2)c2ccc(O)cc12.Cc1ncsc1-c1ccc([C@H](C)CC(=O)C2C[C@@H](O)CN2C(=O)[C@@H](N)C(C)(C)C)cc1.Cc1ncsc1-c1ccc([C@H](C)NC(=O)[C@@H]2C[C@@H](O)CN2C(=O)[C@@H](NC(=O)COCCOCCOCCOc2ccc(Cn3c(-c4ccc(F)cc4)c(C)c4cc(O)ccc43)cc2)C(C)(C)C)cc1. The van der Waals surface area contributed by atoms with Gasteiger partial charge in [-0.05, 0) is 216 Å². The highest BCUT2D eigenvalue weighted by molar-refractivity contribution is 7.13. The molecule has 748 valence electrons. The maximum atomic E-state index is 14.0. The Balaban J connectivity index is 0.000000222. The normalized spacial score (nSPS) is 15.6. The number of Topliss-reactive ketones (excluding diaryl/α,β-unsaturated/α-hetero) is 1. The number of hydrogen-bond donors (Lipinski definition) is 8. The summed E-state index contributed by atoms with van der Waals surface area (Å²) >= 11 is 3.18. The zero-order valence-corrected chi connectivity index (χ0v) is 82.4. The Kier molecular flexibility index (Phi) is 39.3. The summed E-state index contributed by atoms with van der Waals surface area (Å²) in [6.07, 6.45) is -0.907. The molecule has 28 nitrogen and oxygen atoms in total. The van der Waals surface area contributed by atoms with Crippen molar-refractivity contribution in [3.63, 3.8) is 0 Å². The largest absolute Gasteiger partial charge is 0.508 e. The summed E-state index contributed by atoms with van der Waals surface area (Å²) in [5.74, 6) is -1.38. The van der Waals surface area contributed by atoms with Crippen molar-refractivity contribution in [3.05, 3.63) is 249 Å². The number of nitrogens with zero attached hydrogens (tertiary/aromatic N) is 6. The molecule has 8 aromatic carbocycles. The number of ketones is 1. The number of hydrogen-bond acceptors (Lipinski definition) is 23. The molecule has 1 unspecified atom stereocenters. The molecular formula is C108H131F2N9O19S2. The molecule has 2 fully saturated rings. The number of aliphatic hydroxyl groups excluding tert-OH is 2. The van der Waals surface area contributed by atoms with Crippen molar-refractivity contribution in [2.75, 3.05) is 106 Å². The van der Waals surface area contributed by atoms with E-state index in [9.17, 15) is 58.0 Å². The smallest absolute Gasteiger partial charge is 0.329 e. The maximum absolute atomic E-state index is 14.0. The number of aliphatic hydroxyl groups is 2. The number of carbonyl (C=O) groups is 6. The average Bonchev–Trinajstić information content (AvgIpc) is 1.60. The first-order chi connectivity index (χ1) is 66.5. The minimum atomic E-state index is -1.00. The second-order valence-corrected chi connectivity index (χ2v) is 38.8. The van der Waals surface area contributed by atoms with Crippen LogP contribution in [0, 0.1) is 50.2 Å². The number of carbonyl (C=O) groups excluding carboxylic acids is 5. The molecule has 2 saturated heterocycles. The topological polar surface area (TPSA) is 370 Å². The van der Waals surface area contributed by atoms with Gasteiger partial charge in [-0.1, -0.05) is 129 Å². The number of phenolic OH excluding ortho intramolecular Hbond substituents is 2. The van der Waals surface area contributed by atoms with Gasteiger partial charge in [0, 0.05) is 67.2 Å². The van der Waals surface area contributed by atoms with Crippen LogP contribution in [-0.2, 0) is 70.3 Å². The number of aromatic nitrogens is 4. The Morgan fingerprint density at radius 1 is 0.486 bits per heavy atom. The minimum absolute atomic E-state index is 0. The van der Waals surface area contributed by atoms with Crippen molar-refractivity contribution in [3.8, 4) is 66.4 Å². The number of benzene rings is 8. The van der Waals surface area contributed by atoms with Crippen LogP contribution in [0.5, 0.6) is 23.0 Å².